The first-order chi connectivity index (χ1) is 5.04. The average Bonchev–Trinajstić information content (AvgIpc) is 1.97. The summed E-state index contributed by atoms with van der Waals surface area (Å²) in [5.41, 5.74) is 0. The van der Waals surface area contributed by atoms with Crippen LogP contribution in [-0.2, 0) is 9.59 Å². The minimum atomic E-state index is -0.738. The first-order valence-corrected chi connectivity index (χ1v) is 3.76. The van der Waals surface area contributed by atoms with E-state index >= 15 is 0 Å². The molecular weight excluding hydrogens is 235 g/mol. The zero-order chi connectivity index (χ0) is 8.59. The van der Waals surface area contributed by atoms with Gasteiger partial charge >= 0.3 is 0 Å². The van der Waals surface area contributed by atoms with Gasteiger partial charge in [0.25, 0.3) is 0 Å². The molecule has 1 rings (SSSR count). The average molecular weight is 237 g/mol. The number of halogens is 2. The van der Waals surface area contributed by atoms with Crippen molar-refractivity contribution in [3.05, 3.63) is 21.3 Å². The van der Waals surface area contributed by atoms with Crippen molar-refractivity contribution in [3.8, 4) is 0 Å². The molecule has 0 saturated heterocycles. The Bertz CT molecular complexity index is 303. The molecule has 0 heterocycles. The summed E-state index contributed by atoms with van der Waals surface area (Å²) >= 11 is 8.04. The molecule has 1 aliphatic rings. The maximum absolute atomic E-state index is 10.8. The zero-order valence-electron chi connectivity index (χ0n) is 5.10. The van der Waals surface area contributed by atoms with Crippen molar-refractivity contribution in [2.45, 2.75) is 0 Å². The molecule has 0 saturated carbocycles. The van der Waals surface area contributed by atoms with Crippen molar-refractivity contribution < 1.29 is 14.7 Å². The molecule has 0 atom stereocenters. The van der Waals surface area contributed by atoms with E-state index in [-0.39, 0.29) is 9.51 Å². The molecule has 1 aliphatic carbocycles. The summed E-state index contributed by atoms with van der Waals surface area (Å²) in [6, 6.07) is 0. The molecule has 5 heteroatoms. The lowest BCUT2D eigenvalue weighted by atomic mass is 10.1. The molecule has 0 radical (unpaired) electrons. The first kappa shape index (κ1) is 8.49. The molecule has 0 aliphatic heterocycles. The molecule has 11 heavy (non-hydrogen) atoms. The summed E-state index contributed by atoms with van der Waals surface area (Å²) in [6.07, 6.45) is 0.952. The van der Waals surface area contributed by atoms with Gasteiger partial charge in [-0.15, -0.1) is 0 Å². The Labute approximate surface area is 75.5 Å². The Morgan fingerprint density at radius 3 is 2.55 bits per heavy atom. The monoisotopic (exact) mass is 236 g/mol. The van der Waals surface area contributed by atoms with Gasteiger partial charge in [-0.05, 0) is 15.9 Å². The predicted molar refractivity (Wildman–Crippen MR) is 42.5 cm³/mol. The van der Waals surface area contributed by atoms with Crippen LogP contribution in [0.25, 0.3) is 0 Å². The van der Waals surface area contributed by atoms with Gasteiger partial charge in [-0.25, -0.2) is 0 Å². The van der Waals surface area contributed by atoms with Crippen LogP contribution >= 0.6 is 27.5 Å². The fraction of sp³-hybridized carbons (Fsp3) is 0. The second-order valence-corrected chi connectivity index (χ2v) is 3.05. The van der Waals surface area contributed by atoms with E-state index in [1.165, 1.54) is 0 Å². The highest BCUT2D eigenvalue weighted by atomic mass is 79.9. The van der Waals surface area contributed by atoms with E-state index in [4.69, 9.17) is 16.7 Å². The second-order valence-electron chi connectivity index (χ2n) is 1.85. The molecule has 58 valence electrons. The molecule has 0 aromatic carbocycles. The maximum Gasteiger partial charge on any atom is 0.240 e. The molecule has 0 amide bonds. The Balaban J connectivity index is 3.19. The SMILES string of the molecule is O=C1C=C(Cl)C(=O)C(O)=C1Br. The maximum atomic E-state index is 10.8. The highest BCUT2D eigenvalue weighted by molar-refractivity contribution is 9.12. The van der Waals surface area contributed by atoms with Gasteiger partial charge in [0, 0.05) is 6.08 Å². The van der Waals surface area contributed by atoms with E-state index in [0.717, 1.165) is 6.08 Å². The molecule has 0 aromatic heterocycles. The van der Waals surface area contributed by atoms with Crippen LogP contribution in [0.5, 0.6) is 0 Å². The molecule has 0 fully saturated rings. The third-order valence-corrected chi connectivity index (χ3v) is 2.16. The van der Waals surface area contributed by atoms with Crippen molar-refractivity contribution in [1.82, 2.24) is 0 Å². The lowest BCUT2D eigenvalue weighted by Gasteiger charge is -2.05. The molecule has 0 aromatic rings. The van der Waals surface area contributed by atoms with E-state index in [1.54, 1.807) is 0 Å². The van der Waals surface area contributed by atoms with Gasteiger partial charge in [-0.1, -0.05) is 11.6 Å². The van der Waals surface area contributed by atoms with E-state index in [1.807, 2.05) is 0 Å². The highest BCUT2D eigenvalue weighted by Crippen LogP contribution is 2.23. The Morgan fingerprint density at radius 1 is 1.45 bits per heavy atom. The number of ketones is 2. The number of Topliss-reactive ketones (excluding diaryl/α,β-unsaturated/α-hetero) is 1. The molecule has 0 spiro atoms. The third-order valence-electron chi connectivity index (χ3n) is 1.11. The molecule has 0 unspecified atom stereocenters. The number of carbonyl (C=O) groups excluding carboxylic acids is 2. The predicted octanol–water partition coefficient (Wildman–Crippen LogP) is 1.43. The number of rotatable bonds is 0. The van der Waals surface area contributed by atoms with Crippen LogP contribution in [-0.4, -0.2) is 16.7 Å². The minimum Gasteiger partial charge on any atom is -0.503 e. The van der Waals surface area contributed by atoms with Gasteiger partial charge in [0.2, 0.25) is 5.78 Å². The van der Waals surface area contributed by atoms with Crippen LogP contribution in [0.4, 0.5) is 0 Å². The molecule has 1 N–H and O–H groups in total. The number of aliphatic hydroxyl groups excluding tert-OH is 1. The van der Waals surface area contributed by atoms with Gasteiger partial charge in [-0.2, -0.15) is 0 Å². The lowest BCUT2D eigenvalue weighted by molar-refractivity contribution is -0.116. The highest BCUT2D eigenvalue weighted by Gasteiger charge is 2.25. The largest absolute Gasteiger partial charge is 0.503 e. The van der Waals surface area contributed by atoms with Crippen LogP contribution in [0, 0.1) is 0 Å². The first-order valence-electron chi connectivity index (χ1n) is 2.59. The summed E-state index contributed by atoms with van der Waals surface area (Å²) < 4.78 is -0.146. The summed E-state index contributed by atoms with van der Waals surface area (Å²) in [6.45, 7) is 0. The lowest BCUT2D eigenvalue weighted by Crippen LogP contribution is -2.13. The number of hydrogen-bond acceptors (Lipinski definition) is 3. The van der Waals surface area contributed by atoms with Gasteiger partial charge in [0.1, 0.15) is 4.48 Å². The quantitative estimate of drug-likeness (QED) is 0.648. The van der Waals surface area contributed by atoms with E-state index < -0.39 is 17.3 Å². The van der Waals surface area contributed by atoms with E-state index in [2.05, 4.69) is 15.9 Å². The van der Waals surface area contributed by atoms with Crippen molar-refractivity contribution in [2.24, 2.45) is 0 Å². The van der Waals surface area contributed by atoms with Crippen molar-refractivity contribution in [2.75, 3.05) is 0 Å². The fourth-order valence-corrected chi connectivity index (χ4v) is 1.06. The molecular formula is C6H2BrClO3. The van der Waals surface area contributed by atoms with Crippen LogP contribution in [0.1, 0.15) is 0 Å². The normalized spacial score (nSPS) is 18.9. The Kier molecular flexibility index (Phi) is 2.15. The smallest absolute Gasteiger partial charge is 0.240 e. The van der Waals surface area contributed by atoms with Crippen LogP contribution in [0.15, 0.2) is 21.3 Å². The topological polar surface area (TPSA) is 54.4 Å². The molecule has 3 nitrogen and oxygen atoms in total. The zero-order valence-corrected chi connectivity index (χ0v) is 7.44. The molecule has 0 bridgehead atoms. The van der Waals surface area contributed by atoms with Crippen LogP contribution in [0.3, 0.4) is 0 Å². The van der Waals surface area contributed by atoms with Crippen molar-refractivity contribution >= 4 is 39.1 Å². The summed E-state index contributed by atoms with van der Waals surface area (Å²) in [4.78, 5) is 21.6. The fourth-order valence-electron chi connectivity index (χ4n) is 0.573. The third kappa shape index (κ3) is 1.36. The Hall–Kier alpha value is -0.610. The number of allylic oxidation sites excluding steroid dienone is 3. The number of hydrogen-bond donors (Lipinski definition) is 1. The van der Waals surface area contributed by atoms with Crippen LogP contribution in [0.2, 0.25) is 0 Å². The number of aliphatic hydroxyl groups is 1. The van der Waals surface area contributed by atoms with Gasteiger partial charge < -0.3 is 5.11 Å². The van der Waals surface area contributed by atoms with Gasteiger partial charge in [0.15, 0.2) is 11.5 Å². The standard InChI is InChI=1S/C6H2BrClO3/c7-4-3(9)1-2(8)5(10)6(4)11/h1,11H. The summed E-state index contributed by atoms with van der Waals surface area (Å²) in [5, 5.41) is 8.66. The van der Waals surface area contributed by atoms with Crippen LogP contribution < -0.4 is 0 Å². The van der Waals surface area contributed by atoms with Gasteiger partial charge in [0.05, 0.1) is 5.03 Å². The van der Waals surface area contributed by atoms with Gasteiger partial charge in [-0.3, -0.25) is 9.59 Å². The summed E-state index contributed by atoms with van der Waals surface area (Å²) in [5.74, 6) is -1.88. The van der Waals surface area contributed by atoms with E-state index in [9.17, 15) is 9.59 Å². The second kappa shape index (κ2) is 2.79. The van der Waals surface area contributed by atoms with Crippen molar-refractivity contribution in [3.63, 3.8) is 0 Å². The number of carbonyl (C=O) groups is 2. The van der Waals surface area contributed by atoms with E-state index in [0.29, 0.717) is 0 Å². The Morgan fingerprint density at radius 2 is 2.00 bits per heavy atom. The summed E-state index contributed by atoms with van der Waals surface area (Å²) in [7, 11) is 0. The van der Waals surface area contributed by atoms with Crippen molar-refractivity contribution in [1.29, 1.82) is 0 Å². The minimum absolute atomic E-state index is 0.146.